The predicted octanol–water partition coefficient (Wildman–Crippen LogP) is 3.88. The lowest BCUT2D eigenvalue weighted by atomic mass is 10.1. The second kappa shape index (κ2) is 5.41. The highest BCUT2D eigenvalue weighted by atomic mass is 16.5. The number of hydrogen-bond donors (Lipinski definition) is 1. The van der Waals surface area contributed by atoms with Crippen LogP contribution >= 0.6 is 0 Å². The van der Waals surface area contributed by atoms with E-state index in [-0.39, 0.29) is 5.75 Å². The molecule has 92 valence electrons. The maximum atomic E-state index is 9.21. The standard InChI is InChI=1S/C16H16O2/c1-12-9-14(11-16(10-12)18-2)4-3-13-5-7-15(17)8-6-13/h3-11,17H,1-2H3. The van der Waals surface area contributed by atoms with E-state index in [0.717, 1.165) is 16.9 Å². The van der Waals surface area contributed by atoms with Gasteiger partial charge < -0.3 is 9.84 Å². The summed E-state index contributed by atoms with van der Waals surface area (Å²) in [4.78, 5) is 0. The Morgan fingerprint density at radius 3 is 2.28 bits per heavy atom. The molecule has 0 saturated carbocycles. The minimum atomic E-state index is 0.282. The second-order valence-corrected chi connectivity index (χ2v) is 4.21. The third-order valence-corrected chi connectivity index (χ3v) is 2.67. The molecule has 0 saturated heterocycles. The summed E-state index contributed by atoms with van der Waals surface area (Å²) in [6, 6.07) is 13.2. The lowest BCUT2D eigenvalue weighted by Crippen LogP contribution is -1.85. The molecule has 0 atom stereocenters. The van der Waals surface area contributed by atoms with Crippen LogP contribution in [0.2, 0.25) is 0 Å². The summed E-state index contributed by atoms with van der Waals surface area (Å²) in [5.74, 6) is 1.14. The summed E-state index contributed by atoms with van der Waals surface area (Å²) < 4.78 is 5.24. The predicted molar refractivity (Wildman–Crippen MR) is 74.8 cm³/mol. The lowest BCUT2D eigenvalue weighted by Gasteiger charge is -2.03. The van der Waals surface area contributed by atoms with Crippen molar-refractivity contribution in [1.82, 2.24) is 0 Å². The molecule has 0 amide bonds. The number of ether oxygens (including phenoxy) is 1. The lowest BCUT2D eigenvalue weighted by molar-refractivity contribution is 0.414. The highest BCUT2D eigenvalue weighted by molar-refractivity contribution is 5.70. The van der Waals surface area contributed by atoms with Crippen molar-refractivity contribution < 1.29 is 9.84 Å². The Hall–Kier alpha value is -2.22. The molecule has 2 aromatic rings. The van der Waals surface area contributed by atoms with E-state index in [1.54, 1.807) is 19.2 Å². The van der Waals surface area contributed by atoms with Crippen LogP contribution < -0.4 is 4.74 Å². The van der Waals surface area contributed by atoms with Crippen LogP contribution in [-0.2, 0) is 0 Å². The van der Waals surface area contributed by atoms with Gasteiger partial charge in [-0.05, 0) is 47.9 Å². The molecule has 0 aromatic heterocycles. The number of benzene rings is 2. The molecule has 2 heteroatoms. The first-order valence-electron chi connectivity index (χ1n) is 5.80. The molecule has 0 heterocycles. The summed E-state index contributed by atoms with van der Waals surface area (Å²) in [6.07, 6.45) is 4.04. The minimum absolute atomic E-state index is 0.282. The molecular weight excluding hydrogens is 224 g/mol. The normalized spacial score (nSPS) is 10.8. The van der Waals surface area contributed by atoms with Crippen molar-refractivity contribution in [3.63, 3.8) is 0 Å². The Balaban J connectivity index is 2.22. The average Bonchev–Trinajstić information content (AvgIpc) is 2.37. The van der Waals surface area contributed by atoms with E-state index in [2.05, 4.69) is 6.07 Å². The second-order valence-electron chi connectivity index (χ2n) is 4.21. The van der Waals surface area contributed by atoms with Crippen LogP contribution in [0, 0.1) is 6.92 Å². The van der Waals surface area contributed by atoms with Gasteiger partial charge in [0, 0.05) is 0 Å². The van der Waals surface area contributed by atoms with Gasteiger partial charge in [-0.2, -0.15) is 0 Å². The van der Waals surface area contributed by atoms with Gasteiger partial charge in [0.25, 0.3) is 0 Å². The van der Waals surface area contributed by atoms with E-state index in [1.807, 2.05) is 43.3 Å². The number of methoxy groups -OCH3 is 1. The molecule has 0 radical (unpaired) electrons. The molecule has 0 fully saturated rings. The van der Waals surface area contributed by atoms with Crippen LogP contribution in [0.1, 0.15) is 16.7 Å². The molecule has 0 aliphatic carbocycles. The molecule has 0 bridgehead atoms. The van der Waals surface area contributed by atoms with E-state index in [4.69, 9.17) is 4.74 Å². The minimum Gasteiger partial charge on any atom is -0.508 e. The topological polar surface area (TPSA) is 29.5 Å². The molecule has 0 aliphatic heterocycles. The van der Waals surface area contributed by atoms with Crippen molar-refractivity contribution >= 4 is 12.2 Å². The zero-order valence-corrected chi connectivity index (χ0v) is 10.6. The smallest absolute Gasteiger partial charge is 0.119 e. The summed E-state index contributed by atoms with van der Waals surface area (Å²) in [7, 11) is 1.67. The summed E-state index contributed by atoms with van der Waals surface area (Å²) >= 11 is 0. The first-order chi connectivity index (χ1) is 8.67. The quantitative estimate of drug-likeness (QED) is 0.825. The van der Waals surface area contributed by atoms with Gasteiger partial charge in [-0.1, -0.05) is 30.4 Å². The molecule has 0 aliphatic rings. The van der Waals surface area contributed by atoms with Gasteiger partial charge >= 0.3 is 0 Å². The zero-order valence-electron chi connectivity index (χ0n) is 10.6. The molecule has 2 nitrogen and oxygen atoms in total. The Labute approximate surface area is 107 Å². The molecule has 0 spiro atoms. The number of phenolic OH excluding ortho intramolecular Hbond substituents is 1. The van der Waals surface area contributed by atoms with E-state index < -0.39 is 0 Å². The third-order valence-electron chi connectivity index (χ3n) is 2.67. The number of aromatic hydroxyl groups is 1. The van der Waals surface area contributed by atoms with Crippen molar-refractivity contribution in [2.24, 2.45) is 0 Å². The van der Waals surface area contributed by atoms with E-state index in [1.165, 1.54) is 5.56 Å². The summed E-state index contributed by atoms with van der Waals surface area (Å²) in [6.45, 7) is 2.04. The number of rotatable bonds is 3. The fraction of sp³-hybridized carbons (Fsp3) is 0.125. The maximum Gasteiger partial charge on any atom is 0.119 e. The Morgan fingerprint density at radius 1 is 0.944 bits per heavy atom. The Bertz CT molecular complexity index is 554. The average molecular weight is 240 g/mol. The SMILES string of the molecule is COc1cc(C)cc(C=Cc2ccc(O)cc2)c1. The first-order valence-corrected chi connectivity index (χ1v) is 5.80. The molecule has 18 heavy (non-hydrogen) atoms. The van der Waals surface area contributed by atoms with Crippen LogP contribution in [0.5, 0.6) is 11.5 Å². The van der Waals surface area contributed by atoms with Crippen LogP contribution in [0.25, 0.3) is 12.2 Å². The van der Waals surface area contributed by atoms with Gasteiger partial charge in [0.2, 0.25) is 0 Å². The van der Waals surface area contributed by atoms with Crippen molar-refractivity contribution in [3.8, 4) is 11.5 Å². The number of hydrogen-bond acceptors (Lipinski definition) is 2. The molecule has 1 N–H and O–H groups in total. The Kier molecular flexibility index (Phi) is 3.68. The van der Waals surface area contributed by atoms with Gasteiger partial charge in [0.15, 0.2) is 0 Å². The van der Waals surface area contributed by atoms with Crippen LogP contribution in [0.4, 0.5) is 0 Å². The number of aryl methyl sites for hydroxylation is 1. The van der Waals surface area contributed by atoms with Gasteiger partial charge in [0.1, 0.15) is 11.5 Å². The number of phenols is 1. The van der Waals surface area contributed by atoms with Gasteiger partial charge in [-0.3, -0.25) is 0 Å². The van der Waals surface area contributed by atoms with Crippen LogP contribution in [0.3, 0.4) is 0 Å². The van der Waals surface area contributed by atoms with Crippen molar-refractivity contribution in [2.45, 2.75) is 6.92 Å². The molecular formula is C16H16O2. The fourth-order valence-corrected chi connectivity index (χ4v) is 1.77. The van der Waals surface area contributed by atoms with Gasteiger partial charge in [0.05, 0.1) is 7.11 Å². The largest absolute Gasteiger partial charge is 0.508 e. The highest BCUT2D eigenvalue weighted by Crippen LogP contribution is 2.19. The van der Waals surface area contributed by atoms with E-state index >= 15 is 0 Å². The van der Waals surface area contributed by atoms with E-state index in [0.29, 0.717) is 0 Å². The fourth-order valence-electron chi connectivity index (χ4n) is 1.77. The molecule has 2 aromatic carbocycles. The van der Waals surface area contributed by atoms with Gasteiger partial charge in [-0.15, -0.1) is 0 Å². The molecule has 2 rings (SSSR count). The third kappa shape index (κ3) is 3.14. The summed E-state index contributed by atoms with van der Waals surface area (Å²) in [5.41, 5.74) is 3.31. The first kappa shape index (κ1) is 12.2. The highest BCUT2D eigenvalue weighted by Gasteiger charge is 1.96. The van der Waals surface area contributed by atoms with Crippen molar-refractivity contribution in [3.05, 3.63) is 59.2 Å². The van der Waals surface area contributed by atoms with E-state index in [9.17, 15) is 5.11 Å². The zero-order chi connectivity index (χ0) is 13.0. The Morgan fingerprint density at radius 2 is 1.61 bits per heavy atom. The maximum absolute atomic E-state index is 9.21. The van der Waals surface area contributed by atoms with Crippen LogP contribution in [0.15, 0.2) is 42.5 Å². The van der Waals surface area contributed by atoms with Gasteiger partial charge in [-0.25, -0.2) is 0 Å². The van der Waals surface area contributed by atoms with Crippen LogP contribution in [-0.4, -0.2) is 12.2 Å². The monoisotopic (exact) mass is 240 g/mol. The molecule has 0 unspecified atom stereocenters. The summed E-state index contributed by atoms with van der Waals surface area (Å²) in [5, 5.41) is 9.21. The van der Waals surface area contributed by atoms with Crippen molar-refractivity contribution in [1.29, 1.82) is 0 Å². The van der Waals surface area contributed by atoms with Crippen molar-refractivity contribution in [2.75, 3.05) is 7.11 Å².